The number of carboxylic acid groups (broad SMARTS) is 3. The molecule has 0 aliphatic rings. The summed E-state index contributed by atoms with van der Waals surface area (Å²) in [5.74, 6) is -4.35. The fourth-order valence-electron chi connectivity index (χ4n) is 2.66. The van der Waals surface area contributed by atoms with Crippen LogP contribution in [0, 0.1) is 0 Å². The van der Waals surface area contributed by atoms with Crippen LogP contribution in [-0.2, 0) is 95.2 Å². The SMILES string of the molecule is C.CC(=O)O.CC(=O)O.CC(=O)OC(=O)N(C)C.CC(=O)OC(=O)N(C)C.CC(=O)OC(=O)N(C)C.CN(C)C(=O)O.CN(C)C(=O)[n+]1ccc(CCS(=O)(=O)[O-])cc1.CNC.CNC(C)=O.COC(C)=O.O=C=O.O=S(=O)(O)CCc1ccncc1. The van der Waals surface area contributed by atoms with Crippen LogP contribution in [0.15, 0.2) is 49.1 Å². The largest absolute Gasteiger partial charge is 0.748 e. The molecule has 0 fully saturated rings. The second-order valence-electron chi connectivity index (χ2n) is 15.8. The number of aryl methyl sites for hydroxylation is 2. The normalized spacial score (nSPS) is 8.54. The van der Waals surface area contributed by atoms with E-state index in [2.05, 4.69) is 34.6 Å². The van der Waals surface area contributed by atoms with E-state index in [1.165, 1.54) is 135 Å². The average Bonchev–Trinajstić information content (AvgIpc) is 3.35. The summed E-state index contributed by atoms with van der Waals surface area (Å²) in [4.78, 5) is 146. The first-order chi connectivity index (χ1) is 39.0. The van der Waals surface area contributed by atoms with E-state index in [4.69, 9.17) is 39.1 Å². The molecular weight excluding hydrogens is 1210 g/mol. The van der Waals surface area contributed by atoms with Gasteiger partial charge in [0.25, 0.3) is 22.1 Å². The molecule has 0 aliphatic carbocycles. The zero-order valence-corrected chi connectivity index (χ0v) is 53.7. The van der Waals surface area contributed by atoms with Crippen LogP contribution in [0.3, 0.4) is 0 Å². The third-order valence-corrected chi connectivity index (χ3v) is 7.78. The van der Waals surface area contributed by atoms with Gasteiger partial charge in [0.1, 0.15) is 0 Å². The Kier molecular flexibility index (Phi) is 76.3. The number of methoxy groups -OCH3 is 1. The molecule has 2 rings (SSSR count). The predicted molar refractivity (Wildman–Crippen MR) is 309 cm³/mol. The molecule has 0 radical (unpaired) electrons. The molecular formula is C49H89N9O27S2. The van der Waals surface area contributed by atoms with Crippen molar-refractivity contribution in [3.05, 3.63) is 60.2 Å². The molecule has 0 unspecified atom stereocenters. The zero-order valence-electron chi connectivity index (χ0n) is 52.1. The van der Waals surface area contributed by atoms with E-state index in [9.17, 15) is 69.3 Å². The van der Waals surface area contributed by atoms with Crippen molar-refractivity contribution in [3.8, 4) is 0 Å². The number of ether oxygens (including phenoxy) is 4. The Morgan fingerprint density at radius 3 is 0.954 bits per heavy atom. The molecule has 0 aliphatic heterocycles. The summed E-state index contributed by atoms with van der Waals surface area (Å²) in [6.07, 6.45) is 4.15. The number of nitrogens with one attached hydrogen (secondary N) is 2. The number of nitrogens with zero attached hydrogens (tertiary/aromatic N) is 7. The summed E-state index contributed by atoms with van der Waals surface area (Å²) < 4.78 is 78.4. The summed E-state index contributed by atoms with van der Waals surface area (Å²) in [5, 5.41) is 27.9. The molecule has 6 N–H and O–H groups in total. The highest BCUT2D eigenvalue weighted by atomic mass is 32.2. The Morgan fingerprint density at radius 1 is 0.552 bits per heavy atom. The maximum absolute atomic E-state index is 11.5. The number of carbonyl (C=O) groups excluding carboxylic acids is 11. The van der Waals surface area contributed by atoms with Gasteiger partial charge in [-0.15, -0.1) is 0 Å². The first kappa shape index (κ1) is 103. The highest BCUT2D eigenvalue weighted by Crippen LogP contribution is 2.00. The van der Waals surface area contributed by atoms with Crippen molar-refractivity contribution in [2.45, 2.75) is 68.7 Å². The van der Waals surface area contributed by atoms with Gasteiger partial charge in [0.05, 0.1) is 49.5 Å². The third-order valence-electron chi connectivity index (χ3n) is 6.35. The molecule has 504 valence electrons. The molecule has 0 saturated heterocycles. The predicted octanol–water partition coefficient (Wildman–Crippen LogP) is 1.02. The van der Waals surface area contributed by atoms with Crippen LogP contribution in [0.2, 0.25) is 0 Å². The summed E-state index contributed by atoms with van der Waals surface area (Å²) in [5.41, 5.74) is 1.55. The van der Waals surface area contributed by atoms with Crippen molar-refractivity contribution in [1.29, 1.82) is 0 Å². The molecule has 0 saturated carbocycles. The summed E-state index contributed by atoms with van der Waals surface area (Å²) in [6.45, 7) is 8.55. The van der Waals surface area contributed by atoms with Crippen molar-refractivity contribution in [2.24, 2.45) is 0 Å². The molecule has 2 heterocycles. The van der Waals surface area contributed by atoms with Gasteiger partial charge in [0, 0.05) is 130 Å². The van der Waals surface area contributed by atoms with Crippen LogP contribution >= 0.6 is 0 Å². The second kappa shape index (κ2) is 64.5. The van der Waals surface area contributed by atoms with Gasteiger partial charge < -0.3 is 69.1 Å². The fourth-order valence-corrected chi connectivity index (χ4v) is 3.64. The maximum Gasteiger partial charge on any atom is 0.497 e. The van der Waals surface area contributed by atoms with Gasteiger partial charge in [-0.2, -0.15) is 27.4 Å². The van der Waals surface area contributed by atoms with E-state index in [1.807, 2.05) is 14.1 Å². The molecule has 0 bridgehead atoms. The van der Waals surface area contributed by atoms with Gasteiger partial charge in [0.15, 0.2) is 0 Å². The van der Waals surface area contributed by atoms with E-state index in [-0.39, 0.29) is 43.7 Å². The number of hydrogen-bond acceptors (Lipinski definition) is 25. The Labute approximate surface area is 508 Å². The maximum atomic E-state index is 11.5. The Hall–Kier alpha value is -9.10. The van der Waals surface area contributed by atoms with Gasteiger partial charge in [-0.25, -0.2) is 32.5 Å². The minimum Gasteiger partial charge on any atom is -0.748 e. The number of pyridine rings is 2. The van der Waals surface area contributed by atoms with Crippen molar-refractivity contribution in [1.82, 2.24) is 40.1 Å². The van der Waals surface area contributed by atoms with Gasteiger partial charge in [-0.05, 0) is 62.3 Å². The quantitative estimate of drug-likeness (QED) is 0.0773. The molecule has 87 heavy (non-hydrogen) atoms. The Bertz CT molecular complexity index is 2420. The summed E-state index contributed by atoms with van der Waals surface area (Å²) >= 11 is 0. The Balaban J connectivity index is -0.0000000836. The number of carboxylic acids is 2. The zero-order chi connectivity index (χ0) is 70.7. The number of aromatic nitrogens is 2. The average molecular weight is 1300 g/mol. The van der Waals surface area contributed by atoms with E-state index < -0.39 is 80.2 Å². The molecule has 36 nitrogen and oxygen atoms in total. The lowest BCUT2D eigenvalue weighted by Gasteiger charge is -2.07. The molecule has 6 amide bonds. The summed E-state index contributed by atoms with van der Waals surface area (Å²) in [6, 6.07) is 6.46. The van der Waals surface area contributed by atoms with E-state index in [0.29, 0.717) is 12.0 Å². The monoisotopic (exact) mass is 1300 g/mol. The van der Waals surface area contributed by atoms with Gasteiger partial charge in [-0.1, -0.05) is 7.43 Å². The van der Waals surface area contributed by atoms with Gasteiger partial charge in [0.2, 0.25) is 5.91 Å². The van der Waals surface area contributed by atoms with Crippen LogP contribution < -0.4 is 15.2 Å². The van der Waals surface area contributed by atoms with Gasteiger partial charge >= 0.3 is 60.4 Å². The van der Waals surface area contributed by atoms with E-state index in [1.54, 1.807) is 57.8 Å². The Morgan fingerprint density at radius 2 is 0.793 bits per heavy atom. The van der Waals surface area contributed by atoms with Crippen LogP contribution in [0.5, 0.6) is 0 Å². The van der Waals surface area contributed by atoms with Gasteiger partial charge in [-0.3, -0.25) is 43.1 Å². The fraction of sp³-hybridized carbons (Fsp3) is 0.531. The van der Waals surface area contributed by atoms with Crippen LogP contribution in [-0.4, -0.2) is 259 Å². The van der Waals surface area contributed by atoms with Crippen molar-refractivity contribution < 1.29 is 132 Å². The second-order valence-corrected chi connectivity index (χ2v) is 18.9. The standard InChI is InChI=1S/C10H14N2O4S.C7H9NO3S.3C5H9NO3.C3H7NO2.C3H7NO.C3H6O2.C2H7N.2C2H4O2.CO2.CH4/c1-11(2)10(13)12-6-3-9(4-7-12)5-8-17(14,15)16;9-12(10,11)6-3-7-1-4-8-5-2-7;3*1-4(7)9-5(8)6(2)3;1-4(2)3(5)6;1-3(5)4-2;1-3(4)5-2;1-3-2;2*1-2(3)4;2-1-3;/h3-4,6-7H,5,8H2,1-2H3;1-2,4-5H,3,6H2,(H,9,10,11);3*1-3H3;1-2H3,(H,5,6);1-2H3,(H,4,5);1-2H3;3H,1-2H3;2*1H3,(H,3,4);;1H4. The highest BCUT2D eigenvalue weighted by Gasteiger charge is 2.15. The molecule has 2 aromatic heterocycles. The minimum absolute atomic E-state index is 0. The summed E-state index contributed by atoms with van der Waals surface area (Å²) in [7, 11) is 13.9. The smallest absolute Gasteiger partial charge is 0.497 e. The first-order valence-electron chi connectivity index (χ1n) is 23.3. The lowest BCUT2D eigenvalue weighted by Crippen LogP contribution is -2.49. The number of aliphatic carboxylic acids is 2. The number of hydrogen-bond donors (Lipinski definition) is 6. The topological polar surface area (TPSA) is 505 Å². The van der Waals surface area contributed by atoms with Crippen LogP contribution in [0.1, 0.15) is 67.0 Å². The number of rotatable bonds is 6. The molecule has 0 atom stereocenters. The molecule has 0 aromatic carbocycles. The highest BCUT2D eigenvalue weighted by molar-refractivity contribution is 7.85. The van der Waals surface area contributed by atoms with Crippen molar-refractivity contribution in [2.75, 3.05) is 110 Å². The van der Waals surface area contributed by atoms with Crippen molar-refractivity contribution >= 4 is 98.5 Å². The third kappa shape index (κ3) is 116. The van der Waals surface area contributed by atoms with E-state index in [0.717, 1.165) is 24.3 Å². The number of carbonyl (C=O) groups is 12. The number of esters is 4. The molecule has 38 heteroatoms. The van der Waals surface area contributed by atoms with Crippen LogP contribution in [0.4, 0.5) is 24.0 Å². The van der Waals surface area contributed by atoms with Crippen LogP contribution in [0.25, 0.3) is 0 Å². The van der Waals surface area contributed by atoms with E-state index >= 15 is 0 Å². The molecule has 0 spiro atoms. The lowest BCUT2D eigenvalue weighted by atomic mass is 10.2. The first-order valence-corrected chi connectivity index (χ1v) is 26.4. The minimum atomic E-state index is -4.19. The lowest BCUT2D eigenvalue weighted by molar-refractivity contribution is -0.577. The van der Waals surface area contributed by atoms with Crippen molar-refractivity contribution in [3.63, 3.8) is 0 Å². The molecule has 2 aromatic rings. The number of amides is 6.